The van der Waals surface area contributed by atoms with Crippen LogP contribution in [-0.2, 0) is 6.42 Å². The van der Waals surface area contributed by atoms with Crippen LogP contribution >= 0.6 is 0 Å². The lowest BCUT2D eigenvalue weighted by Crippen LogP contribution is -2.45. The van der Waals surface area contributed by atoms with E-state index in [0.29, 0.717) is 5.56 Å². The first-order valence-electron chi connectivity index (χ1n) is 4.74. The van der Waals surface area contributed by atoms with Crippen molar-refractivity contribution in [2.75, 3.05) is 0 Å². The van der Waals surface area contributed by atoms with Crippen LogP contribution in [0.3, 0.4) is 0 Å². The monoisotopic (exact) mass is 249 g/mol. The van der Waals surface area contributed by atoms with Gasteiger partial charge in [0.2, 0.25) is 6.10 Å². The molecule has 4 nitrogen and oxygen atoms in total. The maximum Gasteiger partial charge on any atom is 0.421 e. The van der Waals surface area contributed by atoms with Crippen molar-refractivity contribution in [2.45, 2.75) is 24.7 Å². The molecule has 7 heteroatoms. The van der Waals surface area contributed by atoms with Crippen molar-refractivity contribution in [2.24, 2.45) is 0 Å². The average molecular weight is 249 g/mol. The van der Waals surface area contributed by atoms with E-state index >= 15 is 0 Å². The van der Waals surface area contributed by atoms with E-state index in [0.717, 1.165) is 0 Å². The standard InChI is InChI=1S/C10H10F3NO3/c11-10(12,13)9(15)8(14(16)17)6-7-4-2-1-3-5-7/h1-5,8-9,15H,6H2. The Morgan fingerprint density at radius 3 is 2.24 bits per heavy atom. The zero-order chi connectivity index (χ0) is 13.1. The van der Waals surface area contributed by atoms with Crippen LogP contribution in [0.25, 0.3) is 0 Å². The first kappa shape index (κ1) is 13.4. The van der Waals surface area contributed by atoms with Gasteiger partial charge in [-0.05, 0) is 5.56 Å². The molecule has 17 heavy (non-hydrogen) atoms. The minimum atomic E-state index is -4.99. The van der Waals surface area contributed by atoms with Gasteiger partial charge in [-0.1, -0.05) is 30.3 Å². The van der Waals surface area contributed by atoms with Crippen LogP contribution in [-0.4, -0.2) is 28.4 Å². The summed E-state index contributed by atoms with van der Waals surface area (Å²) in [4.78, 5) is 9.43. The third kappa shape index (κ3) is 3.70. The fourth-order valence-electron chi connectivity index (χ4n) is 1.38. The number of aliphatic hydroxyl groups excluding tert-OH is 1. The molecule has 0 fully saturated rings. The molecular weight excluding hydrogens is 239 g/mol. The van der Waals surface area contributed by atoms with Crippen molar-refractivity contribution in [3.05, 3.63) is 46.0 Å². The van der Waals surface area contributed by atoms with Gasteiger partial charge in [-0.2, -0.15) is 13.2 Å². The molecule has 94 valence electrons. The second-order valence-electron chi connectivity index (χ2n) is 3.53. The molecule has 1 aromatic rings. The number of nitrogens with zero attached hydrogens (tertiary/aromatic N) is 1. The van der Waals surface area contributed by atoms with E-state index in [1.54, 1.807) is 18.2 Å². The maximum atomic E-state index is 12.2. The van der Waals surface area contributed by atoms with Crippen molar-refractivity contribution in [3.63, 3.8) is 0 Å². The number of alkyl halides is 3. The summed E-state index contributed by atoms with van der Waals surface area (Å²) in [7, 11) is 0. The zero-order valence-electron chi connectivity index (χ0n) is 8.59. The van der Waals surface area contributed by atoms with E-state index in [4.69, 9.17) is 5.11 Å². The highest BCUT2D eigenvalue weighted by Gasteiger charge is 2.49. The summed E-state index contributed by atoms with van der Waals surface area (Å²) in [6, 6.07) is 5.63. The molecule has 0 spiro atoms. The summed E-state index contributed by atoms with van der Waals surface area (Å²) in [5.41, 5.74) is 0.373. The molecule has 0 aliphatic rings. The summed E-state index contributed by atoms with van der Waals surface area (Å²) in [6.07, 6.45) is -8.42. The number of rotatable bonds is 4. The van der Waals surface area contributed by atoms with Gasteiger partial charge in [0.1, 0.15) is 0 Å². The molecule has 1 N–H and O–H groups in total. The maximum absolute atomic E-state index is 12.2. The summed E-state index contributed by atoms with van der Waals surface area (Å²) < 4.78 is 36.6. The summed E-state index contributed by atoms with van der Waals surface area (Å²) in [5.74, 6) is 0. The van der Waals surface area contributed by atoms with Gasteiger partial charge in [0, 0.05) is 11.3 Å². The minimum Gasteiger partial charge on any atom is -0.378 e. The van der Waals surface area contributed by atoms with Crippen molar-refractivity contribution in [1.29, 1.82) is 0 Å². The topological polar surface area (TPSA) is 63.4 Å². The predicted octanol–water partition coefficient (Wildman–Crippen LogP) is 1.80. The van der Waals surface area contributed by atoms with Crippen LogP contribution in [0, 0.1) is 10.1 Å². The lowest BCUT2D eigenvalue weighted by Gasteiger charge is -2.18. The number of hydrogen-bond acceptors (Lipinski definition) is 3. The van der Waals surface area contributed by atoms with E-state index in [1.165, 1.54) is 12.1 Å². The third-order valence-electron chi connectivity index (χ3n) is 2.26. The second kappa shape index (κ2) is 5.13. The Hall–Kier alpha value is -1.63. The van der Waals surface area contributed by atoms with E-state index in [1.807, 2.05) is 0 Å². The van der Waals surface area contributed by atoms with Crippen molar-refractivity contribution < 1.29 is 23.2 Å². The lowest BCUT2D eigenvalue weighted by atomic mass is 10.0. The number of halogens is 3. The van der Waals surface area contributed by atoms with Gasteiger partial charge in [0.25, 0.3) is 6.04 Å². The predicted molar refractivity (Wildman–Crippen MR) is 53.0 cm³/mol. The Kier molecular flexibility index (Phi) is 4.06. The molecular formula is C10H10F3NO3. The van der Waals surface area contributed by atoms with Gasteiger partial charge in [0.05, 0.1) is 0 Å². The Morgan fingerprint density at radius 2 is 1.82 bits per heavy atom. The number of benzene rings is 1. The van der Waals surface area contributed by atoms with Gasteiger partial charge in [-0.25, -0.2) is 0 Å². The van der Waals surface area contributed by atoms with E-state index in [9.17, 15) is 23.3 Å². The fraction of sp³-hybridized carbons (Fsp3) is 0.400. The fourth-order valence-corrected chi connectivity index (χ4v) is 1.38. The van der Waals surface area contributed by atoms with Gasteiger partial charge < -0.3 is 5.11 Å². The van der Waals surface area contributed by atoms with Crippen LogP contribution in [0.4, 0.5) is 13.2 Å². The second-order valence-corrected chi connectivity index (χ2v) is 3.53. The quantitative estimate of drug-likeness (QED) is 0.653. The van der Waals surface area contributed by atoms with E-state index in [2.05, 4.69) is 0 Å². The Balaban J connectivity index is 2.85. The molecule has 0 amide bonds. The van der Waals surface area contributed by atoms with Crippen LogP contribution in [0.5, 0.6) is 0 Å². The van der Waals surface area contributed by atoms with Crippen molar-refractivity contribution in [3.8, 4) is 0 Å². The van der Waals surface area contributed by atoms with Gasteiger partial charge in [-0.15, -0.1) is 0 Å². The van der Waals surface area contributed by atoms with Gasteiger partial charge in [-0.3, -0.25) is 10.1 Å². The average Bonchev–Trinajstić information content (AvgIpc) is 2.24. The van der Waals surface area contributed by atoms with Crippen LogP contribution < -0.4 is 0 Å². The molecule has 0 radical (unpaired) electrons. The summed E-state index contributed by atoms with van der Waals surface area (Å²) >= 11 is 0. The molecule has 0 bridgehead atoms. The molecule has 0 heterocycles. The van der Waals surface area contributed by atoms with E-state index < -0.39 is 29.7 Å². The molecule has 0 aromatic heterocycles. The largest absolute Gasteiger partial charge is 0.421 e. The number of aliphatic hydroxyl groups is 1. The highest BCUT2D eigenvalue weighted by Crippen LogP contribution is 2.25. The van der Waals surface area contributed by atoms with Gasteiger partial charge in [0.15, 0.2) is 0 Å². The van der Waals surface area contributed by atoms with Crippen LogP contribution in [0.15, 0.2) is 30.3 Å². The van der Waals surface area contributed by atoms with Crippen molar-refractivity contribution in [1.82, 2.24) is 0 Å². The van der Waals surface area contributed by atoms with Crippen molar-refractivity contribution >= 4 is 0 Å². The number of nitro groups is 1. The third-order valence-corrected chi connectivity index (χ3v) is 2.26. The first-order chi connectivity index (χ1) is 7.82. The Morgan fingerprint density at radius 1 is 1.29 bits per heavy atom. The summed E-state index contributed by atoms with van der Waals surface area (Å²) in [5, 5.41) is 19.4. The molecule has 1 rings (SSSR count). The Labute approximate surface area is 94.8 Å². The smallest absolute Gasteiger partial charge is 0.378 e. The molecule has 2 unspecified atom stereocenters. The van der Waals surface area contributed by atoms with E-state index in [-0.39, 0.29) is 0 Å². The molecule has 0 aliphatic heterocycles. The first-order valence-corrected chi connectivity index (χ1v) is 4.74. The normalized spacial score (nSPS) is 15.3. The van der Waals surface area contributed by atoms with Gasteiger partial charge >= 0.3 is 6.18 Å². The molecule has 2 atom stereocenters. The lowest BCUT2D eigenvalue weighted by molar-refractivity contribution is -0.543. The number of hydrogen-bond donors (Lipinski definition) is 1. The zero-order valence-corrected chi connectivity index (χ0v) is 8.59. The summed E-state index contributed by atoms with van der Waals surface area (Å²) in [6.45, 7) is 0. The highest BCUT2D eigenvalue weighted by molar-refractivity contribution is 5.15. The molecule has 0 aliphatic carbocycles. The Bertz CT molecular complexity index is 380. The minimum absolute atomic E-state index is 0.373. The van der Waals surface area contributed by atoms with Crippen LogP contribution in [0.2, 0.25) is 0 Å². The molecule has 1 aromatic carbocycles. The molecule has 0 saturated carbocycles. The highest BCUT2D eigenvalue weighted by atomic mass is 19.4. The molecule has 0 saturated heterocycles. The van der Waals surface area contributed by atoms with Crippen LogP contribution in [0.1, 0.15) is 5.56 Å². The SMILES string of the molecule is O=[N+]([O-])C(Cc1ccccc1)C(O)C(F)(F)F.